The maximum atomic E-state index is 5.73. The molecule has 1 aromatic heterocycles. The fourth-order valence-electron chi connectivity index (χ4n) is 3.00. The average molecular weight is 266 g/mol. The fraction of sp³-hybridized carbons (Fsp3) is 0.733. The van der Waals surface area contributed by atoms with E-state index in [1.54, 1.807) is 0 Å². The SMILES string of the molecule is CCc1ccc(CC(CC2CCCCC2)NN)s1. The maximum absolute atomic E-state index is 5.73. The number of hydrogen-bond donors (Lipinski definition) is 2. The lowest BCUT2D eigenvalue weighted by Crippen LogP contribution is -2.38. The Kier molecular flexibility index (Phi) is 5.67. The van der Waals surface area contributed by atoms with Crippen molar-refractivity contribution in [1.29, 1.82) is 0 Å². The Morgan fingerprint density at radius 1 is 1.28 bits per heavy atom. The minimum atomic E-state index is 0.455. The monoisotopic (exact) mass is 266 g/mol. The first kappa shape index (κ1) is 14.0. The zero-order valence-corrected chi connectivity index (χ0v) is 12.3. The summed E-state index contributed by atoms with van der Waals surface area (Å²) in [6, 6.07) is 4.99. The molecule has 1 atom stereocenters. The van der Waals surface area contributed by atoms with Crippen molar-refractivity contribution in [2.75, 3.05) is 0 Å². The molecule has 102 valence electrons. The lowest BCUT2D eigenvalue weighted by atomic mass is 9.84. The van der Waals surface area contributed by atoms with Crippen LogP contribution >= 0.6 is 11.3 Å². The zero-order valence-electron chi connectivity index (χ0n) is 11.5. The summed E-state index contributed by atoms with van der Waals surface area (Å²) in [7, 11) is 0. The number of rotatable bonds is 6. The van der Waals surface area contributed by atoms with Gasteiger partial charge in [-0.2, -0.15) is 0 Å². The Balaban J connectivity index is 1.84. The minimum absolute atomic E-state index is 0.455. The van der Waals surface area contributed by atoms with Crippen molar-refractivity contribution in [3.8, 4) is 0 Å². The Morgan fingerprint density at radius 3 is 2.61 bits per heavy atom. The van der Waals surface area contributed by atoms with Crippen molar-refractivity contribution in [2.24, 2.45) is 11.8 Å². The van der Waals surface area contributed by atoms with Gasteiger partial charge < -0.3 is 0 Å². The topological polar surface area (TPSA) is 38.0 Å². The van der Waals surface area contributed by atoms with Gasteiger partial charge in [0, 0.05) is 15.8 Å². The number of nitrogens with one attached hydrogen (secondary N) is 1. The summed E-state index contributed by atoms with van der Waals surface area (Å²) in [6.07, 6.45) is 10.6. The van der Waals surface area contributed by atoms with Crippen LogP contribution in [-0.4, -0.2) is 6.04 Å². The van der Waals surface area contributed by atoms with Crippen LogP contribution in [0.3, 0.4) is 0 Å². The van der Waals surface area contributed by atoms with Gasteiger partial charge in [0.25, 0.3) is 0 Å². The third kappa shape index (κ3) is 4.08. The van der Waals surface area contributed by atoms with Gasteiger partial charge in [0.05, 0.1) is 0 Å². The van der Waals surface area contributed by atoms with E-state index in [4.69, 9.17) is 5.84 Å². The predicted octanol–water partition coefficient (Wildman–Crippen LogP) is 3.66. The molecule has 3 N–H and O–H groups in total. The van der Waals surface area contributed by atoms with Crippen LogP contribution < -0.4 is 11.3 Å². The van der Waals surface area contributed by atoms with Gasteiger partial charge in [0.1, 0.15) is 0 Å². The normalized spacial score (nSPS) is 19.0. The van der Waals surface area contributed by atoms with Crippen LogP contribution in [0, 0.1) is 5.92 Å². The Hall–Kier alpha value is -0.380. The van der Waals surface area contributed by atoms with Gasteiger partial charge in [-0.3, -0.25) is 11.3 Å². The quantitative estimate of drug-likeness (QED) is 0.609. The van der Waals surface area contributed by atoms with Crippen LogP contribution in [-0.2, 0) is 12.8 Å². The van der Waals surface area contributed by atoms with Crippen LogP contribution in [0.4, 0.5) is 0 Å². The molecule has 1 fully saturated rings. The average Bonchev–Trinajstić information content (AvgIpc) is 2.87. The van der Waals surface area contributed by atoms with E-state index in [9.17, 15) is 0 Å². The molecule has 18 heavy (non-hydrogen) atoms. The first-order chi connectivity index (χ1) is 8.81. The fourth-order valence-corrected chi connectivity index (χ4v) is 4.04. The number of nitrogens with two attached hydrogens (primary N) is 1. The van der Waals surface area contributed by atoms with E-state index >= 15 is 0 Å². The van der Waals surface area contributed by atoms with Crippen molar-refractivity contribution in [1.82, 2.24) is 5.43 Å². The van der Waals surface area contributed by atoms with E-state index in [1.165, 1.54) is 48.3 Å². The molecule has 0 spiro atoms. The summed E-state index contributed by atoms with van der Waals surface area (Å²) in [5.74, 6) is 6.63. The van der Waals surface area contributed by atoms with Crippen LogP contribution in [0.5, 0.6) is 0 Å². The summed E-state index contributed by atoms with van der Waals surface area (Å²) in [4.78, 5) is 2.96. The van der Waals surface area contributed by atoms with E-state index in [0.29, 0.717) is 6.04 Å². The molecule has 2 rings (SSSR count). The molecule has 1 unspecified atom stereocenters. The van der Waals surface area contributed by atoms with E-state index in [1.807, 2.05) is 11.3 Å². The van der Waals surface area contributed by atoms with Crippen LogP contribution in [0.15, 0.2) is 12.1 Å². The molecule has 0 aromatic carbocycles. The highest BCUT2D eigenvalue weighted by Gasteiger charge is 2.18. The number of thiophene rings is 1. The van der Waals surface area contributed by atoms with Crippen molar-refractivity contribution >= 4 is 11.3 Å². The largest absolute Gasteiger partial charge is 0.271 e. The summed E-state index contributed by atoms with van der Waals surface area (Å²) >= 11 is 1.94. The molecular weight excluding hydrogens is 240 g/mol. The molecule has 1 heterocycles. The smallest absolute Gasteiger partial charge is 0.0261 e. The molecule has 0 bridgehead atoms. The number of hydrogen-bond acceptors (Lipinski definition) is 3. The molecule has 0 radical (unpaired) electrons. The third-order valence-electron chi connectivity index (χ3n) is 4.09. The van der Waals surface area contributed by atoms with Crippen molar-refractivity contribution < 1.29 is 0 Å². The summed E-state index contributed by atoms with van der Waals surface area (Å²) in [6.45, 7) is 2.22. The lowest BCUT2D eigenvalue weighted by Gasteiger charge is -2.25. The maximum Gasteiger partial charge on any atom is 0.0261 e. The second-order valence-corrected chi connectivity index (χ2v) is 6.78. The summed E-state index contributed by atoms with van der Waals surface area (Å²) in [5.41, 5.74) is 3.03. The number of hydrazine groups is 1. The van der Waals surface area contributed by atoms with E-state index in [0.717, 1.165) is 18.8 Å². The highest BCUT2D eigenvalue weighted by molar-refractivity contribution is 7.11. The molecule has 1 aliphatic carbocycles. The third-order valence-corrected chi connectivity index (χ3v) is 5.34. The van der Waals surface area contributed by atoms with Crippen molar-refractivity contribution in [3.05, 3.63) is 21.9 Å². The van der Waals surface area contributed by atoms with E-state index in [2.05, 4.69) is 24.5 Å². The highest BCUT2D eigenvalue weighted by Crippen LogP contribution is 2.28. The zero-order chi connectivity index (χ0) is 12.8. The summed E-state index contributed by atoms with van der Waals surface area (Å²) in [5, 5.41) is 0. The molecule has 3 heteroatoms. The predicted molar refractivity (Wildman–Crippen MR) is 79.7 cm³/mol. The van der Waals surface area contributed by atoms with Gasteiger partial charge in [0.15, 0.2) is 0 Å². The molecular formula is C15H26N2S. The van der Waals surface area contributed by atoms with Crippen LogP contribution in [0.2, 0.25) is 0 Å². The van der Waals surface area contributed by atoms with Crippen LogP contribution in [0.1, 0.15) is 55.2 Å². The number of aryl methyl sites for hydroxylation is 1. The van der Waals surface area contributed by atoms with Gasteiger partial charge in [-0.1, -0.05) is 39.0 Å². The first-order valence-electron chi connectivity index (χ1n) is 7.35. The highest BCUT2D eigenvalue weighted by atomic mass is 32.1. The van der Waals surface area contributed by atoms with Gasteiger partial charge in [-0.15, -0.1) is 11.3 Å². The van der Waals surface area contributed by atoms with Gasteiger partial charge in [-0.05, 0) is 37.3 Å². The van der Waals surface area contributed by atoms with Gasteiger partial charge >= 0.3 is 0 Å². The van der Waals surface area contributed by atoms with E-state index in [-0.39, 0.29) is 0 Å². The standard InChI is InChI=1S/C15H26N2S/c1-2-14-8-9-15(18-14)11-13(17-16)10-12-6-4-3-5-7-12/h8-9,12-13,17H,2-7,10-11,16H2,1H3. The second-order valence-electron chi connectivity index (χ2n) is 5.53. The molecule has 0 saturated heterocycles. The summed E-state index contributed by atoms with van der Waals surface area (Å²) < 4.78 is 0. The van der Waals surface area contributed by atoms with Crippen LogP contribution in [0.25, 0.3) is 0 Å². The molecule has 0 amide bonds. The molecule has 1 aliphatic rings. The molecule has 1 aromatic rings. The van der Waals surface area contributed by atoms with Gasteiger partial charge in [0.2, 0.25) is 0 Å². The van der Waals surface area contributed by atoms with E-state index < -0.39 is 0 Å². The van der Waals surface area contributed by atoms with Crippen molar-refractivity contribution in [3.63, 3.8) is 0 Å². The molecule has 2 nitrogen and oxygen atoms in total. The van der Waals surface area contributed by atoms with Gasteiger partial charge in [-0.25, -0.2) is 0 Å². The lowest BCUT2D eigenvalue weighted by molar-refractivity contribution is 0.298. The molecule has 1 saturated carbocycles. The Bertz CT molecular complexity index is 342. The minimum Gasteiger partial charge on any atom is -0.271 e. The van der Waals surface area contributed by atoms with Crippen molar-refractivity contribution in [2.45, 2.75) is 64.3 Å². The Labute approximate surface area is 115 Å². The Morgan fingerprint density at radius 2 is 2.00 bits per heavy atom. The second kappa shape index (κ2) is 7.27. The first-order valence-corrected chi connectivity index (χ1v) is 8.17. The molecule has 0 aliphatic heterocycles.